The van der Waals surface area contributed by atoms with Crippen LogP contribution in [0.15, 0.2) is 48.6 Å². The molecule has 0 amide bonds. The van der Waals surface area contributed by atoms with Gasteiger partial charge in [0.25, 0.3) is 0 Å². The van der Waals surface area contributed by atoms with Gasteiger partial charge in [-0.2, -0.15) is 0 Å². The van der Waals surface area contributed by atoms with E-state index < -0.39 is 57.8 Å². The predicted octanol–water partition coefficient (Wildman–Crippen LogP) is 17.4. The highest BCUT2D eigenvalue weighted by molar-refractivity contribution is 7.47. The summed E-state index contributed by atoms with van der Waals surface area (Å²) in [6.45, 7) is 4.51. The second-order valence-electron chi connectivity index (χ2n) is 19.8. The maximum Gasteiger partial charge on any atom is 0.472 e. The number of rotatable bonds is 55. The van der Waals surface area contributed by atoms with Crippen LogP contribution in [-0.2, 0) is 42.2 Å². The van der Waals surface area contributed by atoms with Gasteiger partial charge in [0.15, 0.2) is 6.10 Å². The number of ether oxygens (including phenoxy) is 3. The van der Waals surface area contributed by atoms with Crippen LogP contribution >= 0.6 is 7.82 Å². The molecule has 0 radical (unpaired) electrons. The lowest BCUT2D eigenvalue weighted by Gasteiger charge is -2.21. The molecule has 2 N–H and O–H groups in total. The van der Waals surface area contributed by atoms with Gasteiger partial charge >= 0.3 is 25.7 Å². The van der Waals surface area contributed by atoms with Crippen LogP contribution in [0.2, 0.25) is 0 Å². The molecule has 0 aromatic heterocycles. The van der Waals surface area contributed by atoms with Crippen molar-refractivity contribution in [1.29, 1.82) is 0 Å². The molecule has 3 atom stereocenters. The summed E-state index contributed by atoms with van der Waals surface area (Å²) in [6, 6.07) is 0. The van der Waals surface area contributed by atoms with E-state index in [4.69, 9.17) is 23.3 Å². The van der Waals surface area contributed by atoms with E-state index in [2.05, 4.69) is 69.4 Å². The van der Waals surface area contributed by atoms with Crippen LogP contribution in [0.4, 0.5) is 0 Å². The third-order valence-corrected chi connectivity index (χ3v) is 13.7. The van der Waals surface area contributed by atoms with Gasteiger partial charge in [-0.25, -0.2) is 4.57 Å². The number of phosphoric ester groups is 1. The Morgan fingerprint density at radius 1 is 0.403 bits per heavy atom. The fraction of sp³-hybridized carbons (Fsp3) is 0.817. The van der Waals surface area contributed by atoms with Crippen molar-refractivity contribution in [2.75, 3.05) is 26.4 Å². The van der Waals surface area contributed by atoms with E-state index in [0.29, 0.717) is 19.3 Å². The second kappa shape index (κ2) is 54.7. The van der Waals surface area contributed by atoms with Crippen molar-refractivity contribution >= 4 is 25.7 Å². The zero-order valence-electron chi connectivity index (χ0n) is 46.4. The second-order valence-corrected chi connectivity index (χ2v) is 21.2. The maximum absolute atomic E-state index is 12.9. The average molecular weight is 1040 g/mol. The monoisotopic (exact) mass is 1040 g/mol. The van der Waals surface area contributed by atoms with Crippen LogP contribution in [0.25, 0.3) is 0 Å². The SMILES string of the molecule is CC/C=C\C/C=C\C/C=C\CCCCCC(=O)OCC(COP(=O)(O)OCC(CO)OC(=O)CCCCCCC/C=C\CCCCCC)OC(=O)CCCCCCCCCCCCCCCCCCCCC. The topological polar surface area (TPSA) is 155 Å². The average Bonchev–Trinajstić information content (AvgIpc) is 3.37. The molecule has 0 rings (SSSR count). The highest BCUT2D eigenvalue weighted by Gasteiger charge is 2.28. The summed E-state index contributed by atoms with van der Waals surface area (Å²) < 4.78 is 39.5. The Hall–Kier alpha value is -2.56. The molecule has 0 aromatic rings. The molecule has 0 spiro atoms. The van der Waals surface area contributed by atoms with E-state index in [1.165, 1.54) is 122 Å². The number of aliphatic hydroxyl groups is 1. The molecule has 0 heterocycles. The first-order valence-electron chi connectivity index (χ1n) is 29.5. The van der Waals surface area contributed by atoms with Crippen LogP contribution in [0.1, 0.15) is 278 Å². The molecule has 420 valence electrons. The summed E-state index contributed by atoms with van der Waals surface area (Å²) in [5.74, 6) is -1.49. The molecule has 0 aromatic carbocycles. The maximum atomic E-state index is 12.9. The minimum Gasteiger partial charge on any atom is -0.462 e. The number of hydrogen-bond acceptors (Lipinski definition) is 10. The lowest BCUT2D eigenvalue weighted by molar-refractivity contribution is -0.161. The van der Waals surface area contributed by atoms with Gasteiger partial charge < -0.3 is 24.2 Å². The van der Waals surface area contributed by atoms with E-state index >= 15 is 0 Å². The summed E-state index contributed by atoms with van der Waals surface area (Å²) >= 11 is 0. The molecule has 0 aliphatic heterocycles. The molecular weight excluding hydrogens is 928 g/mol. The Morgan fingerprint density at radius 3 is 1.15 bits per heavy atom. The van der Waals surface area contributed by atoms with E-state index in [1.54, 1.807) is 0 Å². The van der Waals surface area contributed by atoms with Gasteiger partial charge in [-0.15, -0.1) is 0 Å². The van der Waals surface area contributed by atoms with E-state index in [-0.39, 0.29) is 25.9 Å². The lowest BCUT2D eigenvalue weighted by atomic mass is 10.0. The molecule has 72 heavy (non-hydrogen) atoms. The largest absolute Gasteiger partial charge is 0.472 e. The molecule has 0 saturated heterocycles. The van der Waals surface area contributed by atoms with Crippen LogP contribution in [0, 0.1) is 0 Å². The number of carbonyl (C=O) groups is 3. The number of carbonyl (C=O) groups excluding carboxylic acids is 3. The number of esters is 3. The van der Waals surface area contributed by atoms with E-state index in [1.807, 2.05) is 0 Å². The molecule has 12 heteroatoms. The van der Waals surface area contributed by atoms with E-state index in [0.717, 1.165) is 96.3 Å². The number of aliphatic hydroxyl groups excluding tert-OH is 1. The molecule has 0 fully saturated rings. The third-order valence-electron chi connectivity index (χ3n) is 12.7. The molecular formula is C60H109O11P. The van der Waals surface area contributed by atoms with Crippen LogP contribution in [0.3, 0.4) is 0 Å². The van der Waals surface area contributed by atoms with Crippen molar-refractivity contribution in [1.82, 2.24) is 0 Å². The Balaban J connectivity index is 4.70. The van der Waals surface area contributed by atoms with Crippen LogP contribution < -0.4 is 0 Å². The Morgan fingerprint density at radius 2 is 0.722 bits per heavy atom. The normalized spacial score (nSPS) is 13.7. The van der Waals surface area contributed by atoms with Crippen molar-refractivity contribution < 1.29 is 52.2 Å². The number of phosphoric acid groups is 1. The van der Waals surface area contributed by atoms with Crippen molar-refractivity contribution in [3.05, 3.63) is 48.6 Å². The van der Waals surface area contributed by atoms with Crippen molar-refractivity contribution in [3.8, 4) is 0 Å². The van der Waals surface area contributed by atoms with Crippen molar-refractivity contribution in [2.24, 2.45) is 0 Å². The highest BCUT2D eigenvalue weighted by Crippen LogP contribution is 2.43. The minimum absolute atomic E-state index is 0.165. The number of unbranched alkanes of at least 4 members (excludes halogenated alkanes) is 30. The van der Waals surface area contributed by atoms with Crippen molar-refractivity contribution in [2.45, 2.75) is 290 Å². The van der Waals surface area contributed by atoms with Gasteiger partial charge in [0.1, 0.15) is 12.7 Å². The smallest absolute Gasteiger partial charge is 0.462 e. The third kappa shape index (κ3) is 52.3. The van der Waals surface area contributed by atoms with Crippen molar-refractivity contribution in [3.63, 3.8) is 0 Å². The summed E-state index contributed by atoms with van der Waals surface area (Å²) in [7, 11) is -4.75. The molecule has 0 saturated carbocycles. The first-order valence-corrected chi connectivity index (χ1v) is 31.0. The summed E-state index contributed by atoms with van der Waals surface area (Å²) in [5.41, 5.74) is 0. The zero-order chi connectivity index (χ0) is 52.7. The summed E-state index contributed by atoms with van der Waals surface area (Å²) in [6.07, 6.45) is 57.9. The van der Waals surface area contributed by atoms with Gasteiger partial charge in [-0.05, 0) is 77.0 Å². The van der Waals surface area contributed by atoms with Gasteiger partial charge in [0, 0.05) is 19.3 Å². The predicted molar refractivity (Wildman–Crippen MR) is 298 cm³/mol. The zero-order valence-corrected chi connectivity index (χ0v) is 47.3. The molecule has 11 nitrogen and oxygen atoms in total. The minimum atomic E-state index is -4.75. The first kappa shape index (κ1) is 69.4. The molecule has 0 aliphatic carbocycles. The fourth-order valence-corrected chi connectivity index (χ4v) is 9.03. The van der Waals surface area contributed by atoms with Gasteiger partial charge in [-0.1, -0.05) is 230 Å². The number of hydrogen-bond donors (Lipinski definition) is 2. The molecule has 3 unspecified atom stereocenters. The lowest BCUT2D eigenvalue weighted by Crippen LogP contribution is -2.30. The molecule has 0 aliphatic rings. The number of allylic oxidation sites excluding steroid dienone is 8. The molecule has 0 bridgehead atoms. The van der Waals surface area contributed by atoms with Crippen LogP contribution in [-0.4, -0.2) is 66.5 Å². The van der Waals surface area contributed by atoms with Gasteiger partial charge in [0.05, 0.1) is 19.8 Å². The standard InChI is InChI=1S/C60H109O11P/c1-4-7-10-13-16-19-22-25-26-27-28-29-30-33-36-39-42-45-48-51-60(64)71-57(53-67-58(62)49-46-43-40-37-34-31-23-20-17-14-11-8-5-2)55-69-72(65,66)68-54-56(52-61)70-59(63)50-47-44-41-38-35-32-24-21-18-15-12-9-6-3/h8,11,17,20-21,24,31,34,56-57,61H,4-7,9-10,12-16,18-19,22-23,25-30,32-33,35-55H2,1-3H3,(H,65,66)/b11-8-,20-17-,24-21-,34-31-. The highest BCUT2D eigenvalue weighted by atomic mass is 31.2. The fourth-order valence-electron chi connectivity index (χ4n) is 8.25. The Bertz CT molecular complexity index is 1400. The van der Waals surface area contributed by atoms with Gasteiger partial charge in [0.2, 0.25) is 0 Å². The van der Waals surface area contributed by atoms with Gasteiger partial charge in [-0.3, -0.25) is 23.4 Å². The summed E-state index contributed by atoms with van der Waals surface area (Å²) in [5, 5.41) is 9.80. The van der Waals surface area contributed by atoms with E-state index in [9.17, 15) is 28.9 Å². The Labute approximate surface area is 441 Å². The quantitative estimate of drug-likeness (QED) is 0.0197. The summed E-state index contributed by atoms with van der Waals surface area (Å²) in [4.78, 5) is 48.5. The van der Waals surface area contributed by atoms with Crippen LogP contribution in [0.5, 0.6) is 0 Å². The Kier molecular flexibility index (Phi) is 52.7. The first-order chi connectivity index (χ1) is 35.2.